The van der Waals surface area contributed by atoms with Gasteiger partial charge in [-0.15, -0.1) is 0 Å². The number of aliphatic hydroxyl groups is 1. The van der Waals surface area contributed by atoms with Gasteiger partial charge in [-0.2, -0.15) is 13.2 Å². The minimum absolute atomic E-state index is 0.137. The number of halogens is 3. The van der Waals surface area contributed by atoms with Gasteiger partial charge in [-0.05, 0) is 62.0 Å². The van der Waals surface area contributed by atoms with Crippen molar-refractivity contribution in [3.8, 4) is 5.75 Å². The first-order chi connectivity index (χ1) is 19.5. The molecule has 8 nitrogen and oxygen atoms in total. The molecule has 11 heteroatoms. The van der Waals surface area contributed by atoms with Gasteiger partial charge in [0.15, 0.2) is 0 Å². The van der Waals surface area contributed by atoms with E-state index in [1.807, 2.05) is 18.9 Å². The number of fused-ring (bicyclic) bond motifs is 1. The molecule has 218 valence electrons. The highest BCUT2D eigenvalue weighted by Crippen LogP contribution is 2.32. The number of ether oxygens (including phenoxy) is 1. The molecule has 0 spiro atoms. The average Bonchev–Trinajstić information content (AvgIpc) is 2.95. The van der Waals surface area contributed by atoms with Crippen LogP contribution < -0.4 is 10.1 Å². The zero-order valence-corrected chi connectivity index (χ0v) is 23.1. The molecular formula is C30H33F3N4O4. The Hall–Kier alpha value is -3.96. The van der Waals surface area contributed by atoms with E-state index in [0.717, 1.165) is 17.7 Å². The molecule has 0 saturated carbocycles. The Labute approximate surface area is 236 Å². The number of likely N-dealkylation sites (N-methyl/N-ethyl adjacent to an activating group) is 1. The number of rotatable bonds is 8. The number of carbonyl (C=O) groups excluding carboxylic acids is 2. The van der Waals surface area contributed by atoms with Gasteiger partial charge >= 0.3 is 6.18 Å². The van der Waals surface area contributed by atoms with Gasteiger partial charge in [-0.25, -0.2) is 0 Å². The molecule has 0 unspecified atom stereocenters. The highest BCUT2D eigenvalue weighted by molar-refractivity contribution is 6.05. The van der Waals surface area contributed by atoms with Crippen molar-refractivity contribution in [2.45, 2.75) is 38.7 Å². The molecule has 3 aromatic rings. The number of anilines is 1. The fraction of sp³-hybridized carbons (Fsp3) is 0.367. The number of alkyl halides is 3. The van der Waals surface area contributed by atoms with Gasteiger partial charge in [0.05, 0.1) is 23.8 Å². The SMILES string of the molecule is C[C@H](CO)N1C[C@H](C)[C@H](CN(C)Cc2ccc(C(F)(F)F)cc2)Oc2ccc(NC(=O)c3ccncc3)cc2C1=O. The van der Waals surface area contributed by atoms with Crippen molar-refractivity contribution in [3.63, 3.8) is 0 Å². The van der Waals surface area contributed by atoms with E-state index in [4.69, 9.17) is 4.74 Å². The minimum Gasteiger partial charge on any atom is -0.488 e. The highest BCUT2D eigenvalue weighted by Gasteiger charge is 2.34. The molecule has 41 heavy (non-hydrogen) atoms. The molecule has 2 heterocycles. The van der Waals surface area contributed by atoms with Crippen LogP contribution in [-0.2, 0) is 12.7 Å². The second-order valence-corrected chi connectivity index (χ2v) is 10.4. The number of pyridine rings is 1. The Balaban J connectivity index is 1.56. The fourth-order valence-electron chi connectivity index (χ4n) is 4.71. The maximum atomic E-state index is 13.6. The largest absolute Gasteiger partial charge is 0.488 e. The van der Waals surface area contributed by atoms with Crippen LogP contribution in [0.1, 0.15) is 45.7 Å². The summed E-state index contributed by atoms with van der Waals surface area (Å²) in [4.78, 5) is 33.8. The van der Waals surface area contributed by atoms with Crippen LogP contribution in [0.3, 0.4) is 0 Å². The molecule has 0 radical (unpaired) electrons. The summed E-state index contributed by atoms with van der Waals surface area (Å²) < 4.78 is 45.2. The smallest absolute Gasteiger partial charge is 0.416 e. The topological polar surface area (TPSA) is 95.0 Å². The van der Waals surface area contributed by atoms with Gasteiger partial charge in [-0.3, -0.25) is 19.5 Å². The second kappa shape index (κ2) is 12.7. The number of benzene rings is 2. The number of aliphatic hydroxyl groups excluding tert-OH is 1. The van der Waals surface area contributed by atoms with Crippen molar-refractivity contribution < 1.29 is 32.6 Å². The molecule has 0 bridgehead atoms. The number of aromatic nitrogens is 1. The predicted molar refractivity (Wildman–Crippen MR) is 148 cm³/mol. The zero-order valence-electron chi connectivity index (χ0n) is 23.1. The summed E-state index contributed by atoms with van der Waals surface area (Å²) in [5.41, 5.74) is 1.09. The van der Waals surface area contributed by atoms with E-state index in [2.05, 4.69) is 10.3 Å². The fourth-order valence-corrected chi connectivity index (χ4v) is 4.71. The summed E-state index contributed by atoms with van der Waals surface area (Å²) in [5.74, 6) is -0.484. The number of nitrogens with zero attached hydrogens (tertiary/aromatic N) is 3. The molecule has 4 rings (SSSR count). The maximum Gasteiger partial charge on any atom is 0.416 e. The van der Waals surface area contributed by atoms with Crippen LogP contribution in [-0.4, -0.2) is 70.6 Å². The summed E-state index contributed by atoms with van der Waals surface area (Å²) in [5, 5.41) is 12.7. The summed E-state index contributed by atoms with van der Waals surface area (Å²) in [6.45, 7) is 4.62. The van der Waals surface area contributed by atoms with Gasteiger partial charge in [-0.1, -0.05) is 19.1 Å². The number of hydrogen-bond donors (Lipinski definition) is 2. The Morgan fingerprint density at radius 2 is 1.85 bits per heavy atom. The average molecular weight is 571 g/mol. The van der Waals surface area contributed by atoms with E-state index in [-0.39, 0.29) is 36.0 Å². The van der Waals surface area contributed by atoms with Crippen LogP contribution >= 0.6 is 0 Å². The monoisotopic (exact) mass is 570 g/mol. The lowest BCUT2D eigenvalue weighted by Crippen LogP contribution is -2.49. The van der Waals surface area contributed by atoms with Gasteiger partial charge in [0.25, 0.3) is 11.8 Å². The van der Waals surface area contributed by atoms with Crippen LogP contribution in [0, 0.1) is 5.92 Å². The summed E-state index contributed by atoms with van der Waals surface area (Å²) in [6.07, 6.45) is -1.75. The Kier molecular flexibility index (Phi) is 9.29. The van der Waals surface area contributed by atoms with E-state index in [0.29, 0.717) is 36.6 Å². The number of carbonyl (C=O) groups is 2. The van der Waals surface area contributed by atoms with E-state index in [9.17, 15) is 27.9 Å². The molecule has 0 saturated heterocycles. The lowest BCUT2D eigenvalue weighted by atomic mass is 9.99. The van der Waals surface area contributed by atoms with Crippen molar-refractivity contribution in [3.05, 3.63) is 89.2 Å². The van der Waals surface area contributed by atoms with E-state index in [1.54, 1.807) is 42.2 Å². The molecule has 3 atom stereocenters. The summed E-state index contributed by atoms with van der Waals surface area (Å²) in [6, 6.07) is 12.6. The van der Waals surface area contributed by atoms with Gasteiger partial charge in [0.1, 0.15) is 11.9 Å². The third-order valence-electron chi connectivity index (χ3n) is 7.09. The van der Waals surface area contributed by atoms with Gasteiger partial charge < -0.3 is 20.1 Å². The molecule has 2 aromatic carbocycles. The van der Waals surface area contributed by atoms with Crippen molar-refractivity contribution in [2.24, 2.45) is 5.92 Å². The quantitative estimate of drug-likeness (QED) is 0.408. The van der Waals surface area contributed by atoms with Crippen LogP contribution in [0.2, 0.25) is 0 Å². The van der Waals surface area contributed by atoms with E-state index >= 15 is 0 Å². The number of hydrogen-bond acceptors (Lipinski definition) is 6. The standard InChI is InChI=1S/C30H33F3N4O4/c1-19-15-37(20(2)18-38)29(40)25-14-24(35-28(39)22-10-12-34-13-11-22)8-9-26(25)41-27(19)17-36(3)16-21-4-6-23(7-5-21)30(31,32)33/h4-14,19-20,27,38H,15-18H2,1-3H3,(H,35,39)/t19-,20+,27-/m0/s1. The van der Waals surface area contributed by atoms with Crippen LogP contribution in [0.4, 0.5) is 18.9 Å². The second-order valence-electron chi connectivity index (χ2n) is 10.4. The number of amides is 2. The van der Waals surface area contributed by atoms with E-state index in [1.165, 1.54) is 24.5 Å². The maximum absolute atomic E-state index is 13.6. The van der Waals surface area contributed by atoms with Gasteiger partial charge in [0, 0.05) is 49.2 Å². The summed E-state index contributed by atoms with van der Waals surface area (Å²) in [7, 11) is 1.85. The summed E-state index contributed by atoms with van der Waals surface area (Å²) >= 11 is 0. The van der Waals surface area contributed by atoms with Crippen LogP contribution in [0.15, 0.2) is 67.0 Å². The highest BCUT2D eigenvalue weighted by atomic mass is 19.4. The Morgan fingerprint density at radius 3 is 2.49 bits per heavy atom. The van der Waals surface area contributed by atoms with Crippen molar-refractivity contribution in [1.29, 1.82) is 0 Å². The molecular weight excluding hydrogens is 537 g/mol. The molecule has 0 aliphatic carbocycles. The first kappa shape index (κ1) is 30.0. The Bertz CT molecular complexity index is 1350. The number of nitrogens with one attached hydrogen (secondary N) is 1. The molecule has 2 amide bonds. The molecule has 0 fully saturated rings. The third kappa shape index (κ3) is 7.42. The predicted octanol–water partition coefficient (Wildman–Crippen LogP) is 4.70. The molecule has 1 aromatic heterocycles. The lowest BCUT2D eigenvalue weighted by Gasteiger charge is -2.38. The minimum atomic E-state index is -4.39. The molecule has 1 aliphatic rings. The zero-order chi connectivity index (χ0) is 29.7. The van der Waals surface area contributed by atoms with Crippen molar-refractivity contribution in [1.82, 2.24) is 14.8 Å². The molecule has 1 aliphatic heterocycles. The van der Waals surface area contributed by atoms with Crippen molar-refractivity contribution >= 4 is 17.5 Å². The lowest BCUT2D eigenvalue weighted by molar-refractivity contribution is -0.137. The van der Waals surface area contributed by atoms with Gasteiger partial charge in [0.2, 0.25) is 0 Å². The van der Waals surface area contributed by atoms with Crippen LogP contribution in [0.5, 0.6) is 5.75 Å². The first-order valence-corrected chi connectivity index (χ1v) is 13.2. The van der Waals surface area contributed by atoms with E-state index < -0.39 is 17.8 Å². The first-order valence-electron chi connectivity index (χ1n) is 13.2. The normalized spacial score (nSPS) is 18.2. The Morgan fingerprint density at radius 1 is 1.17 bits per heavy atom. The van der Waals surface area contributed by atoms with Crippen molar-refractivity contribution in [2.75, 3.05) is 32.1 Å². The third-order valence-corrected chi connectivity index (χ3v) is 7.09. The van der Waals surface area contributed by atoms with Crippen LogP contribution in [0.25, 0.3) is 0 Å². The molecule has 2 N–H and O–H groups in total.